The Kier molecular flexibility index (Phi) is 8.46. The van der Waals surface area contributed by atoms with Crippen molar-refractivity contribution in [1.82, 2.24) is 5.32 Å². The Bertz CT molecular complexity index is 1960. The smallest absolute Gasteiger partial charge is 0.268 e. The standard InChI is InChI=1S/C34H31N3O6S2/c1-3-37(45(40,41)27-16-14-26(42-2)15-17-27)25-13-18-31-24(19-25)20-32(44-31)34(39)36-22-30(43-29-12-8-7-11-28(29)36)33(38)35-21-23-9-5-4-6-10-23/h4-20,30H,3,21-22H2,1-2H3,(H,35,38)/t30-/m1/s1. The van der Waals surface area contributed by atoms with Crippen LogP contribution < -0.4 is 24.0 Å². The minimum absolute atomic E-state index is 0.0414. The molecule has 1 aromatic heterocycles. The maximum atomic E-state index is 14.0. The van der Waals surface area contributed by atoms with Crippen LogP contribution in [-0.2, 0) is 21.4 Å². The SMILES string of the molecule is CCN(c1ccc2sc(C(=O)N3C[C@H](C(=O)NCc4ccccc4)Oc4ccccc43)cc2c1)S(=O)(=O)c1ccc(OC)cc1. The van der Waals surface area contributed by atoms with Crippen LogP contribution in [0.4, 0.5) is 11.4 Å². The number of rotatable bonds is 9. The molecule has 0 bridgehead atoms. The van der Waals surface area contributed by atoms with Crippen LogP contribution >= 0.6 is 11.3 Å². The van der Waals surface area contributed by atoms with Crippen molar-refractivity contribution in [3.8, 4) is 11.5 Å². The number of hydrogen-bond acceptors (Lipinski definition) is 7. The van der Waals surface area contributed by atoms with Crippen LogP contribution in [0.25, 0.3) is 10.1 Å². The average molecular weight is 642 g/mol. The zero-order valence-electron chi connectivity index (χ0n) is 24.7. The van der Waals surface area contributed by atoms with E-state index in [1.165, 1.54) is 34.9 Å². The summed E-state index contributed by atoms with van der Waals surface area (Å²) in [4.78, 5) is 29.3. The van der Waals surface area contributed by atoms with Gasteiger partial charge in [0.15, 0.2) is 6.10 Å². The summed E-state index contributed by atoms with van der Waals surface area (Å²) < 4.78 is 40.4. The van der Waals surface area contributed by atoms with Crippen molar-refractivity contribution in [3.63, 3.8) is 0 Å². The van der Waals surface area contributed by atoms with Crippen LogP contribution in [0.3, 0.4) is 0 Å². The molecule has 1 N–H and O–H groups in total. The van der Waals surface area contributed by atoms with Crippen molar-refractivity contribution in [2.75, 3.05) is 29.4 Å². The van der Waals surface area contributed by atoms with Gasteiger partial charge < -0.3 is 14.8 Å². The molecular weight excluding hydrogens is 611 g/mol. The molecule has 0 radical (unpaired) electrons. The highest BCUT2D eigenvalue weighted by Crippen LogP contribution is 2.37. The number of hydrogen-bond donors (Lipinski definition) is 1. The van der Waals surface area contributed by atoms with E-state index < -0.39 is 16.1 Å². The number of amides is 2. The zero-order chi connectivity index (χ0) is 31.6. The zero-order valence-corrected chi connectivity index (χ0v) is 26.3. The lowest BCUT2D eigenvalue weighted by atomic mass is 10.1. The number of anilines is 2. The van der Waals surface area contributed by atoms with Crippen molar-refractivity contribution in [1.29, 1.82) is 0 Å². The molecule has 0 spiro atoms. The first kappa shape index (κ1) is 30.2. The molecule has 2 amide bonds. The summed E-state index contributed by atoms with van der Waals surface area (Å²) in [7, 11) is -2.32. The van der Waals surface area contributed by atoms with Crippen LogP contribution in [0.2, 0.25) is 0 Å². The fourth-order valence-corrected chi connectivity index (χ4v) is 7.71. The van der Waals surface area contributed by atoms with Crippen LogP contribution in [0.15, 0.2) is 108 Å². The Balaban J connectivity index is 1.25. The number of nitrogens with one attached hydrogen (secondary N) is 1. The van der Waals surface area contributed by atoms with Gasteiger partial charge in [-0.1, -0.05) is 42.5 Å². The van der Waals surface area contributed by atoms with Crippen molar-refractivity contribution < 1.29 is 27.5 Å². The third kappa shape index (κ3) is 6.09. The van der Waals surface area contributed by atoms with Crippen LogP contribution in [0.1, 0.15) is 22.2 Å². The van der Waals surface area contributed by atoms with E-state index in [-0.39, 0.29) is 29.8 Å². The Morgan fingerprint density at radius 2 is 1.71 bits per heavy atom. The minimum atomic E-state index is -3.84. The van der Waals surface area contributed by atoms with Crippen molar-refractivity contribution in [2.45, 2.75) is 24.5 Å². The maximum absolute atomic E-state index is 14.0. The van der Waals surface area contributed by atoms with E-state index in [9.17, 15) is 18.0 Å². The van der Waals surface area contributed by atoms with Gasteiger partial charge >= 0.3 is 0 Å². The second kappa shape index (κ2) is 12.6. The van der Waals surface area contributed by atoms with Gasteiger partial charge in [-0.3, -0.25) is 18.8 Å². The van der Waals surface area contributed by atoms with E-state index in [2.05, 4.69) is 5.32 Å². The number of carbonyl (C=O) groups is 2. The molecule has 0 fully saturated rings. The molecule has 1 aliphatic heterocycles. The molecule has 0 aliphatic carbocycles. The predicted molar refractivity (Wildman–Crippen MR) is 176 cm³/mol. The van der Waals surface area contributed by atoms with E-state index in [0.717, 1.165) is 15.6 Å². The van der Waals surface area contributed by atoms with Crippen molar-refractivity contribution in [3.05, 3.63) is 114 Å². The fraction of sp³-hybridized carbons (Fsp3) is 0.176. The summed E-state index contributed by atoms with van der Waals surface area (Å²) in [5.74, 6) is 0.427. The van der Waals surface area contributed by atoms with Gasteiger partial charge in [-0.25, -0.2) is 8.42 Å². The molecule has 2 heterocycles. The van der Waals surface area contributed by atoms with Gasteiger partial charge in [0, 0.05) is 17.8 Å². The van der Waals surface area contributed by atoms with E-state index in [1.54, 1.807) is 60.4 Å². The number of ether oxygens (including phenoxy) is 2. The van der Waals surface area contributed by atoms with Crippen LogP contribution in [-0.4, -0.2) is 46.5 Å². The van der Waals surface area contributed by atoms with Gasteiger partial charge in [-0.15, -0.1) is 11.3 Å². The highest BCUT2D eigenvalue weighted by Gasteiger charge is 2.35. The van der Waals surface area contributed by atoms with Crippen molar-refractivity contribution >= 4 is 54.6 Å². The summed E-state index contributed by atoms with van der Waals surface area (Å²) in [5.41, 5.74) is 2.03. The third-order valence-corrected chi connectivity index (χ3v) is 10.6. The lowest BCUT2D eigenvalue weighted by Crippen LogP contribution is -2.50. The summed E-state index contributed by atoms with van der Waals surface area (Å²) in [6.45, 7) is 2.38. The third-order valence-electron chi connectivity index (χ3n) is 7.55. The molecule has 9 nitrogen and oxygen atoms in total. The van der Waals surface area contributed by atoms with Gasteiger partial charge in [0.2, 0.25) is 0 Å². The number of carbonyl (C=O) groups excluding carboxylic acids is 2. The van der Waals surface area contributed by atoms with Crippen LogP contribution in [0, 0.1) is 0 Å². The Morgan fingerprint density at radius 1 is 0.978 bits per heavy atom. The summed E-state index contributed by atoms with van der Waals surface area (Å²) in [6.07, 6.45) is -0.894. The predicted octanol–water partition coefficient (Wildman–Crippen LogP) is 5.85. The molecule has 0 saturated carbocycles. The molecule has 230 valence electrons. The quantitative estimate of drug-likeness (QED) is 0.217. The van der Waals surface area contributed by atoms with Gasteiger partial charge in [0.1, 0.15) is 11.5 Å². The number of sulfonamides is 1. The van der Waals surface area contributed by atoms with E-state index >= 15 is 0 Å². The topological polar surface area (TPSA) is 105 Å². The second-order valence-corrected chi connectivity index (χ2v) is 13.3. The molecule has 4 aromatic carbocycles. The number of thiophene rings is 1. The largest absolute Gasteiger partial charge is 0.497 e. The normalized spacial score (nSPS) is 14.4. The summed E-state index contributed by atoms with van der Waals surface area (Å²) in [6, 6.07) is 30.1. The molecule has 5 aromatic rings. The Hall–Kier alpha value is -4.87. The molecule has 1 aliphatic rings. The molecule has 0 saturated heterocycles. The molecule has 45 heavy (non-hydrogen) atoms. The summed E-state index contributed by atoms with van der Waals surface area (Å²) in [5, 5.41) is 3.65. The average Bonchev–Trinajstić information content (AvgIpc) is 3.51. The van der Waals surface area contributed by atoms with Gasteiger partial charge in [-0.05, 0) is 78.5 Å². The first-order valence-electron chi connectivity index (χ1n) is 14.4. The number of para-hydroxylation sites is 2. The van der Waals surface area contributed by atoms with E-state index in [1.807, 2.05) is 42.5 Å². The van der Waals surface area contributed by atoms with Crippen LogP contribution in [0.5, 0.6) is 11.5 Å². The van der Waals surface area contributed by atoms with E-state index in [4.69, 9.17) is 9.47 Å². The highest BCUT2D eigenvalue weighted by molar-refractivity contribution is 7.92. The van der Waals surface area contributed by atoms with Gasteiger partial charge in [-0.2, -0.15) is 0 Å². The number of nitrogens with zero attached hydrogens (tertiary/aromatic N) is 2. The van der Waals surface area contributed by atoms with E-state index in [0.29, 0.717) is 34.3 Å². The number of fused-ring (bicyclic) bond motifs is 2. The Labute approximate surface area is 265 Å². The lowest BCUT2D eigenvalue weighted by Gasteiger charge is -2.34. The molecule has 0 unspecified atom stereocenters. The molecule has 6 rings (SSSR count). The number of benzene rings is 4. The van der Waals surface area contributed by atoms with Gasteiger partial charge in [0.05, 0.1) is 34.8 Å². The molecular formula is C34H31N3O6S2. The monoisotopic (exact) mass is 641 g/mol. The fourth-order valence-electron chi connectivity index (χ4n) is 5.25. The Morgan fingerprint density at radius 3 is 2.44 bits per heavy atom. The first-order valence-corrected chi connectivity index (χ1v) is 16.6. The minimum Gasteiger partial charge on any atom is -0.497 e. The first-order chi connectivity index (χ1) is 21.8. The van der Waals surface area contributed by atoms with Gasteiger partial charge in [0.25, 0.3) is 21.8 Å². The molecule has 11 heteroatoms. The second-order valence-electron chi connectivity index (χ2n) is 10.4. The summed E-state index contributed by atoms with van der Waals surface area (Å²) >= 11 is 1.31. The lowest BCUT2D eigenvalue weighted by molar-refractivity contribution is -0.128. The number of methoxy groups -OCH3 is 1. The molecule has 1 atom stereocenters. The van der Waals surface area contributed by atoms with Crippen molar-refractivity contribution in [2.24, 2.45) is 0 Å². The highest BCUT2D eigenvalue weighted by atomic mass is 32.2. The maximum Gasteiger partial charge on any atom is 0.268 e.